The molecule has 0 fully saturated rings. The van der Waals surface area contributed by atoms with E-state index in [4.69, 9.17) is 0 Å². The van der Waals surface area contributed by atoms with E-state index in [9.17, 15) is 9.59 Å². The molecule has 1 aliphatic rings. The highest BCUT2D eigenvalue weighted by atomic mass is 32.1. The quantitative estimate of drug-likeness (QED) is 0.750. The van der Waals surface area contributed by atoms with Gasteiger partial charge < -0.3 is 9.80 Å². The fourth-order valence-corrected chi connectivity index (χ4v) is 4.76. The zero-order chi connectivity index (χ0) is 19.4. The minimum absolute atomic E-state index is 0.0374. The van der Waals surface area contributed by atoms with Crippen LogP contribution in [0.3, 0.4) is 0 Å². The molecule has 1 atom stereocenters. The predicted octanol–water partition coefficient (Wildman–Crippen LogP) is 4.18. The fraction of sp³-hybridized carbons (Fsp3) is 0.455. The van der Waals surface area contributed by atoms with Gasteiger partial charge >= 0.3 is 0 Å². The number of fused-ring (bicyclic) bond motifs is 1. The molecule has 144 valence electrons. The smallest absolute Gasteiger partial charge is 0.242 e. The van der Waals surface area contributed by atoms with Crippen LogP contribution in [0.1, 0.15) is 54.3 Å². The molecular weight excluding hydrogens is 356 g/mol. The van der Waals surface area contributed by atoms with Crippen LogP contribution in [0.15, 0.2) is 35.7 Å². The standard InChI is InChI=1S/C22H28N2O2S/c1-4-12-23(20(25)5-2)15-21(26)24-13-10-19-18(11-14-27-19)22(24)17-9-7-6-8-16(17)3/h6-9,11,14,22H,4-5,10,12-13,15H2,1-3H3/t22-/m1/s1. The first-order chi connectivity index (χ1) is 13.1. The molecule has 5 heteroatoms. The normalized spacial score (nSPS) is 16.1. The first-order valence-corrected chi connectivity index (χ1v) is 10.6. The van der Waals surface area contributed by atoms with Crippen molar-refractivity contribution in [1.29, 1.82) is 0 Å². The van der Waals surface area contributed by atoms with E-state index in [-0.39, 0.29) is 24.4 Å². The number of benzene rings is 1. The van der Waals surface area contributed by atoms with Crippen molar-refractivity contribution in [3.05, 3.63) is 57.3 Å². The highest BCUT2D eigenvalue weighted by molar-refractivity contribution is 7.10. The van der Waals surface area contributed by atoms with E-state index in [2.05, 4.69) is 30.5 Å². The summed E-state index contributed by atoms with van der Waals surface area (Å²) < 4.78 is 0. The van der Waals surface area contributed by atoms with Crippen LogP contribution in [0, 0.1) is 6.92 Å². The molecule has 0 radical (unpaired) electrons. The van der Waals surface area contributed by atoms with Crippen LogP contribution < -0.4 is 0 Å². The highest BCUT2D eigenvalue weighted by Gasteiger charge is 2.34. The Bertz CT molecular complexity index is 814. The Hall–Kier alpha value is -2.14. The second-order valence-corrected chi connectivity index (χ2v) is 8.06. The summed E-state index contributed by atoms with van der Waals surface area (Å²) in [5.41, 5.74) is 3.60. The third-order valence-electron chi connectivity index (χ3n) is 5.24. The molecule has 2 aromatic rings. The van der Waals surface area contributed by atoms with Gasteiger partial charge in [-0.2, -0.15) is 0 Å². The maximum Gasteiger partial charge on any atom is 0.242 e. The van der Waals surface area contributed by atoms with Gasteiger partial charge in [-0.15, -0.1) is 11.3 Å². The second kappa shape index (κ2) is 8.70. The molecular formula is C22H28N2O2S. The van der Waals surface area contributed by atoms with Crippen LogP contribution in [-0.4, -0.2) is 41.2 Å². The molecule has 0 N–H and O–H groups in total. The molecule has 0 saturated heterocycles. The van der Waals surface area contributed by atoms with Crippen molar-refractivity contribution in [3.8, 4) is 0 Å². The number of thiophene rings is 1. The maximum absolute atomic E-state index is 13.3. The highest BCUT2D eigenvalue weighted by Crippen LogP contribution is 2.38. The fourth-order valence-electron chi connectivity index (χ4n) is 3.85. The first-order valence-electron chi connectivity index (χ1n) is 9.75. The number of amides is 2. The zero-order valence-electron chi connectivity index (χ0n) is 16.4. The molecule has 1 aromatic carbocycles. The molecule has 0 unspecified atom stereocenters. The van der Waals surface area contributed by atoms with Crippen molar-refractivity contribution in [3.63, 3.8) is 0 Å². The minimum Gasteiger partial charge on any atom is -0.333 e. The van der Waals surface area contributed by atoms with Crippen molar-refractivity contribution in [2.24, 2.45) is 0 Å². The lowest BCUT2D eigenvalue weighted by Gasteiger charge is -2.38. The van der Waals surface area contributed by atoms with E-state index in [1.54, 1.807) is 16.2 Å². The van der Waals surface area contributed by atoms with E-state index < -0.39 is 0 Å². The Kier molecular flexibility index (Phi) is 6.32. The van der Waals surface area contributed by atoms with Gasteiger partial charge in [0.1, 0.15) is 0 Å². The average molecular weight is 385 g/mol. The third-order valence-corrected chi connectivity index (χ3v) is 6.24. The SMILES string of the molecule is CCCN(CC(=O)N1CCc2sccc2[C@H]1c1ccccc1C)C(=O)CC. The molecule has 4 nitrogen and oxygen atoms in total. The summed E-state index contributed by atoms with van der Waals surface area (Å²) in [5, 5.41) is 2.12. The van der Waals surface area contributed by atoms with Gasteiger partial charge in [0.05, 0.1) is 12.6 Å². The number of hydrogen-bond acceptors (Lipinski definition) is 3. The van der Waals surface area contributed by atoms with E-state index in [1.165, 1.54) is 21.6 Å². The summed E-state index contributed by atoms with van der Waals surface area (Å²) >= 11 is 1.77. The number of rotatable bonds is 6. The maximum atomic E-state index is 13.3. The Morgan fingerprint density at radius 3 is 2.67 bits per heavy atom. The van der Waals surface area contributed by atoms with Crippen molar-refractivity contribution in [2.45, 2.75) is 46.1 Å². The summed E-state index contributed by atoms with van der Waals surface area (Å²) in [6, 6.07) is 10.4. The molecule has 1 aliphatic heterocycles. The van der Waals surface area contributed by atoms with Gasteiger partial charge in [0.15, 0.2) is 0 Å². The van der Waals surface area contributed by atoms with Crippen LogP contribution in [-0.2, 0) is 16.0 Å². The summed E-state index contributed by atoms with van der Waals surface area (Å²) in [7, 11) is 0. The lowest BCUT2D eigenvalue weighted by molar-refractivity contribution is -0.141. The molecule has 0 saturated carbocycles. The number of hydrogen-bond donors (Lipinski definition) is 0. The zero-order valence-corrected chi connectivity index (χ0v) is 17.2. The molecule has 0 bridgehead atoms. The summed E-state index contributed by atoms with van der Waals surface area (Å²) in [4.78, 5) is 30.6. The van der Waals surface area contributed by atoms with Crippen LogP contribution >= 0.6 is 11.3 Å². The van der Waals surface area contributed by atoms with Gasteiger partial charge in [-0.1, -0.05) is 38.1 Å². The van der Waals surface area contributed by atoms with Gasteiger partial charge in [-0.25, -0.2) is 0 Å². The Morgan fingerprint density at radius 1 is 1.19 bits per heavy atom. The molecule has 27 heavy (non-hydrogen) atoms. The number of carbonyl (C=O) groups is 2. The molecule has 2 amide bonds. The van der Waals surface area contributed by atoms with Crippen molar-refractivity contribution >= 4 is 23.2 Å². The lowest BCUT2D eigenvalue weighted by atomic mass is 9.90. The lowest BCUT2D eigenvalue weighted by Crippen LogP contribution is -2.47. The Balaban J connectivity index is 1.92. The van der Waals surface area contributed by atoms with Crippen molar-refractivity contribution < 1.29 is 9.59 Å². The summed E-state index contributed by atoms with van der Waals surface area (Å²) in [5.74, 6) is 0.0845. The Labute approximate surface area is 165 Å². The summed E-state index contributed by atoms with van der Waals surface area (Å²) in [6.07, 6.45) is 2.18. The second-order valence-electron chi connectivity index (χ2n) is 7.06. The third kappa shape index (κ3) is 4.08. The van der Waals surface area contributed by atoms with Crippen LogP contribution in [0.4, 0.5) is 0 Å². The van der Waals surface area contributed by atoms with Crippen molar-refractivity contribution in [1.82, 2.24) is 9.80 Å². The van der Waals surface area contributed by atoms with Gasteiger partial charge in [0.25, 0.3) is 0 Å². The molecule has 2 heterocycles. The van der Waals surface area contributed by atoms with Gasteiger partial charge in [-0.3, -0.25) is 9.59 Å². The van der Waals surface area contributed by atoms with Gasteiger partial charge in [0.2, 0.25) is 11.8 Å². The van der Waals surface area contributed by atoms with Crippen LogP contribution in [0.2, 0.25) is 0 Å². The number of nitrogens with zero attached hydrogens (tertiary/aromatic N) is 2. The van der Waals surface area contributed by atoms with E-state index in [0.29, 0.717) is 19.5 Å². The number of carbonyl (C=O) groups excluding carboxylic acids is 2. The molecule has 0 spiro atoms. The van der Waals surface area contributed by atoms with Gasteiger partial charge in [-0.05, 0) is 47.9 Å². The average Bonchev–Trinajstić information content (AvgIpc) is 3.15. The molecule has 3 rings (SSSR count). The van der Waals surface area contributed by atoms with Crippen LogP contribution in [0.25, 0.3) is 0 Å². The molecule has 0 aliphatic carbocycles. The topological polar surface area (TPSA) is 40.6 Å². The van der Waals surface area contributed by atoms with E-state index in [0.717, 1.165) is 12.8 Å². The monoisotopic (exact) mass is 384 g/mol. The largest absolute Gasteiger partial charge is 0.333 e. The minimum atomic E-state index is -0.0612. The Morgan fingerprint density at radius 2 is 1.96 bits per heavy atom. The number of aryl methyl sites for hydroxylation is 1. The van der Waals surface area contributed by atoms with Gasteiger partial charge in [0, 0.05) is 24.4 Å². The summed E-state index contributed by atoms with van der Waals surface area (Å²) in [6.45, 7) is 7.49. The molecule has 1 aromatic heterocycles. The van der Waals surface area contributed by atoms with E-state index in [1.807, 2.05) is 30.9 Å². The van der Waals surface area contributed by atoms with E-state index >= 15 is 0 Å². The van der Waals surface area contributed by atoms with Crippen molar-refractivity contribution in [2.75, 3.05) is 19.6 Å². The first kappa shape index (κ1) is 19.6. The predicted molar refractivity (Wildman–Crippen MR) is 110 cm³/mol. The van der Waals surface area contributed by atoms with Crippen LogP contribution in [0.5, 0.6) is 0 Å².